The molecule has 0 saturated heterocycles. The topological polar surface area (TPSA) is 0 Å². The van der Waals surface area contributed by atoms with Gasteiger partial charge in [0.1, 0.15) is 0 Å². The maximum Gasteiger partial charge on any atom is -0.0347 e. The second-order valence-corrected chi connectivity index (χ2v) is 9.31. The molecular weight excluding hydrogens is 204 g/mol. The van der Waals surface area contributed by atoms with Crippen LogP contribution in [0.25, 0.3) is 0 Å². The Kier molecular flexibility index (Phi) is 5.76. The molecule has 0 nitrogen and oxygen atoms in total. The van der Waals surface area contributed by atoms with Gasteiger partial charge >= 0.3 is 0 Å². The smallest absolute Gasteiger partial charge is 0.0347 e. The Labute approximate surface area is 111 Å². The lowest BCUT2D eigenvalue weighted by Crippen LogP contribution is -2.23. The van der Waals surface area contributed by atoms with Crippen molar-refractivity contribution < 1.29 is 0 Å². The summed E-state index contributed by atoms with van der Waals surface area (Å²) in [6, 6.07) is 0. The van der Waals surface area contributed by atoms with Gasteiger partial charge in [0.05, 0.1) is 0 Å². The quantitative estimate of drug-likeness (QED) is 0.529. The van der Waals surface area contributed by atoms with Gasteiger partial charge in [-0.1, -0.05) is 68.7 Å². The van der Waals surface area contributed by atoms with Crippen LogP contribution >= 0.6 is 0 Å². The normalized spacial score (nSPS) is 16.1. The van der Waals surface area contributed by atoms with E-state index in [1.165, 1.54) is 25.7 Å². The van der Waals surface area contributed by atoms with Gasteiger partial charge in [0.15, 0.2) is 0 Å². The van der Waals surface area contributed by atoms with Crippen LogP contribution in [-0.2, 0) is 0 Å². The minimum atomic E-state index is 0.452. The van der Waals surface area contributed by atoms with Gasteiger partial charge in [-0.2, -0.15) is 0 Å². The first-order valence-corrected chi connectivity index (χ1v) is 7.31. The van der Waals surface area contributed by atoms with Gasteiger partial charge in [-0.3, -0.25) is 0 Å². The molecule has 0 bridgehead atoms. The van der Waals surface area contributed by atoms with Crippen molar-refractivity contribution in [3.05, 3.63) is 0 Å². The Bertz CT molecular complexity index is 209. The number of hydrogen-bond donors (Lipinski definition) is 0. The third kappa shape index (κ3) is 10.9. The first-order valence-electron chi connectivity index (χ1n) is 7.31. The van der Waals surface area contributed by atoms with Crippen LogP contribution in [0, 0.1) is 22.2 Å². The van der Waals surface area contributed by atoms with Crippen LogP contribution in [0.1, 0.15) is 88.0 Å². The van der Waals surface area contributed by atoms with E-state index in [1.54, 1.807) is 0 Å². The minimum absolute atomic E-state index is 0.452. The zero-order valence-corrected chi connectivity index (χ0v) is 13.9. The summed E-state index contributed by atoms with van der Waals surface area (Å²) in [7, 11) is 0. The Morgan fingerprint density at radius 3 is 1.59 bits per heavy atom. The molecule has 0 aromatic rings. The molecule has 1 unspecified atom stereocenters. The van der Waals surface area contributed by atoms with Gasteiger partial charge in [0.25, 0.3) is 0 Å². The largest absolute Gasteiger partial charge is 0.0625 e. The highest BCUT2D eigenvalue weighted by atomic mass is 14.3. The summed E-state index contributed by atoms with van der Waals surface area (Å²) in [6.45, 7) is 21.4. The maximum absolute atomic E-state index is 2.44. The molecule has 1 atom stereocenters. The van der Waals surface area contributed by atoms with Crippen LogP contribution in [0.2, 0.25) is 0 Å². The molecule has 0 amide bonds. The first kappa shape index (κ1) is 17.0. The molecule has 0 aliphatic rings. The molecule has 0 radical (unpaired) electrons. The molecule has 0 aliphatic carbocycles. The second-order valence-electron chi connectivity index (χ2n) is 9.31. The summed E-state index contributed by atoms with van der Waals surface area (Å²) in [5.41, 5.74) is 1.42. The van der Waals surface area contributed by atoms with E-state index >= 15 is 0 Å². The van der Waals surface area contributed by atoms with Gasteiger partial charge in [-0.05, 0) is 41.4 Å². The molecule has 0 spiro atoms. The lowest BCUT2D eigenvalue weighted by molar-refractivity contribution is 0.165. The van der Waals surface area contributed by atoms with Crippen LogP contribution in [0.15, 0.2) is 0 Å². The van der Waals surface area contributed by atoms with Crippen LogP contribution in [0.5, 0.6) is 0 Å². The molecule has 0 aromatic carbocycles. The number of rotatable bonds is 5. The van der Waals surface area contributed by atoms with Gasteiger partial charge in [0, 0.05) is 0 Å². The maximum atomic E-state index is 2.44. The summed E-state index contributed by atoms with van der Waals surface area (Å²) in [5.74, 6) is 0.853. The molecule has 104 valence electrons. The van der Waals surface area contributed by atoms with Gasteiger partial charge in [-0.15, -0.1) is 0 Å². The predicted octanol–water partition coefficient (Wildman–Crippen LogP) is 6.30. The molecular formula is C17H36. The van der Waals surface area contributed by atoms with Crippen molar-refractivity contribution in [2.24, 2.45) is 22.2 Å². The second kappa shape index (κ2) is 5.76. The van der Waals surface area contributed by atoms with E-state index in [9.17, 15) is 0 Å². The van der Waals surface area contributed by atoms with Crippen LogP contribution in [0.4, 0.5) is 0 Å². The van der Waals surface area contributed by atoms with E-state index in [0.29, 0.717) is 16.2 Å². The number of hydrogen-bond acceptors (Lipinski definition) is 0. The van der Waals surface area contributed by atoms with Crippen molar-refractivity contribution in [1.82, 2.24) is 0 Å². The third-order valence-corrected chi connectivity index (χ3v) is 3.30. The third-order valence-electron chi connectivity index (χ3n) is 3.30. The van der Waals surface area contributed by atoms with Gasteiger partial charge in [0.2, 0.25) is 0 Å². The first-order chi connectivity index (χ1) is 7.31. The summed E-state index contributed by atoms with van der Waals surface area (Å²) in [5, 5.41) is 0. The zero-order valence-electron chi connectivity index (χ0n) is 13.9. The van der Waals surface area contributed by atoms with Crippen molar-refractivity contribution in [2.45, 2.75) is 88.0 Å². The Balaban J connectivity index is 4.14. The predicted molar refractivity (Wildman–Crippen MR) is 80.3 cm³/mol. The molecule has 0 heteroatoms. The zero-order chi connectivity index (χ0) is 13.9. The Hall–Kier alpha value is 0. The average molecular weight is 240 g/mol. The standard InChI is InChI=1S/C17H36/c1-14(10-11-15(2,3)4)12-17(8,9)13-16(5,6)7/h14H,10-13H2,1-9H3. The average Bonchev–Trinajstić information content (AvgIpc) is 1.93. The summed E-state index contributed by atoms with van der Waals surface area (Å²) < 4.78 is 0. The summed E-state index contributed by atoms with van der Waals surface area (Å²) in [4.78, 5) is 0. The van der Waals surface area contributed by atoms with E-state index in [0.717, 1.165) is 5.92 Å². The molecule has 0 aromatic heterocycles. The van der Waals surface area contributed by atoms with Crippen molar-refractivity contribution in [1.29, 1.82) is 0 Å². The highest BCUT2D eigenvalue weighted by Crippen LogP contribution is 2.39. The highest BCUT2D eigenvalue weighted by molar-refractivity contribution is 4.78. The lowest BCUT2D eigenvalue weighted by Gasteiger charge is -2.35. The molecule has 0 heterocycles. The van der Waals surface area contributed by atoms with Crippen LogP contribution < -0.4 is 0 Å². The molecule has 0 rings (SSSR count). The molecule has 0 saturated carbocycles. The van der Waals surface area contributed by atoms with E-state index in [2.05, 4.69) is 62.3 Å². The SMILES string of the molecule is CC(CCC(C)(C)C)CC(C)(C)CC(C)(C)C. The van der Waals surface area contributed by atoms with Crippen molar-refractivity contribution in [2.75, 3.05) is 0 Å². The fourth-order valence-corrected chi connectivity index (χ4v) is 3.23. The van der Waals surface area contributed by atoms with Crippen molar-refractivity contribution in [3.63, 3.8) is 0 Å². The van der Waals surface area contributed by atoms with Crippen molar-refractivity contribution in [3.8, 4) is 0 Å². The minimum Gasteiger partial charge on any atom is -0.0625 e. The summed E-state index contributed by atoms with van der Waals surface area (Å²) >= 11 is 0. The fourth-order valence-electron chi connectivity index (χ4n) is 3.23. The van der Waals surface area contributed by atoms with E-state index < -0.39 is 0 Å². The lowest BCUT2D eigenvalue weighted by atomic mass is 9.71. The fraction of sp³-hybridized carbons (Fsp3) is 1.00. The molecule has 0 fully saturated rings. The van der Waals surface area contributed by atoms with Gasteiger partial charge in [-0.25, -0.2) is 0 Å². The van der Waals surface area contributed by atoms with E-state index in [1.807, 2.05) is 0 Å². The monoisotopic (exact) mass is 240 g/mol. The Morgan fingerprint density at radius 2 is 1.24 bits per heavy atom. The van der Waals surface area contributed by atoms with Crippen LogP contribution in [0.3, 0.4) is 0 Å². The van der Waals surface area contributed by atoms with Crippen LogP contribution in [-0.4, -0.2) is 0 Å². The van der Waals surface area contributed by atoms with Gasteiger partial charge < -0.3 is 0 Å². The summed E-state index contributed by atoms with van der Waals surface area (Å²) in [6.07, 6.45) is 5.40. The molecule has 0 aliphatic heterocycles. The molecule has 0 N–H and O–H groups in total. The highest BCUT2D eigenvalue weighted by Gasteiger charge is 2.27. The van der Waals surface area contributed by atoms with Crippen molar-refractivity contribution >= 4 is 0 Å². The van der Waals surface area contributed by atoms with E-state index in [-0.39, 0.29) is 0 Å². The van der Waals surface area contributed by atoms with E-state index in [4.69, 9.17) is 0 Å². The Morgan fingerprint density at radius 1 is 0.765 bits per heavy atom. The molecule has 17 heavy (non-hydrogen) atoms.